The lowest BCUT2D eigenvalue weighted by Crippen LogP contribution is -2.45. The molecular formula is C19H33N5. The van der Waals surface area contributed by atoms with Crippen LogP contribution < -0.4 is 10.2 Å². The maximum absolute atomic E-state index is 4.66. The Hall–Kier alpha value is -1.36. The molecular weight excluding hydrogens is 298 g/mol. The second-order valence-electron chi connectivity index (χ2n) is 7.77. The predicted octanol–water partition coefficient (Wildman–Crippen LogP) is 3.31. The lowest BCUT2D eigenvalue weighted by molar-refractivity contribution is 0.102. The van der Waals surface area contributed by atoms with Gasteiger partial charge in [0.1, 0.15) is 5.82 Å². The van der Waals surface area contributed by atoms with Crippen LogP contribution in [0.1, 0.15) is 50.5 Å². The monoisotopic (exact) mass is 331 g/mol. The Morgan fingerprint density at radius 2 is 1.96 bits per heavy atom. The van der Waals surface area contributed by atoms with Gasteiger partial charge in [-0.1, -0.05) is 19.3 Å². The maximum atomic E-state index is 4.66. The van der Waals surface area contributed by atoms with Gasteiger partial charge in [0.15, 0.2) is 0 Å². The van der Waals surface area contributed by atoms with Crippen molar-refractivity contribution in [2.24, 2.45) is 5.92 Å². The second-order valence-corrected chi connectivity index (χ2v) is 7.77. The highest BCUT2D eigenvalue weighted by atomic mass is 15.2. The van der Waals surface area contributed by atoms with Gasteiger partial charge >= 0.3 is 0 Å². The molecule has 2 heterocycles. The summed E-state index contributed by atoms with van der Waals surface area (Å²) in [4.78, 5) is 13.9. The topological polar surface area (TPSA) is 44.3 Å². The number of nitrogens with one attached hydrogen (secondary N) is 1. The van der Waals surface area contributed by atoms with Crippen LogP contribution in [0.15, 0.2) is 6.20 Å². The van der Waals surface area contributed by atoms with E-state index in [4.69, 9.17) is 0 Å². The smallest absolute Gasteiger partial charge is 0.224 e. The molecule has 0 aromatic carbocycles. The van der Waals surface area contributed by atoms with E-state index < -0.39 is 0 Å². The van der Waals surface area contributed by atoms with E-state index in [0.717, 1.165) is 29.9 Å². The number of likely N-dealkylation sites (tertiary alicyclic amines) is 1. The SMILES string of the molecule is Cc1cnc(NCC2CCCN(C3CCCCC3)C2)nc1N(C)C. The molecule has 134 valence electrons. The Morgan fingerprint density at radius 3 is 2.71 bits per heavy atom. The maximum Gasteiger partial charge on any atom is 0.224 e. The minimum Gasteiger partial charge on any atom is -0.362 e. The molecule has 3 rings (SSSR count). The van der Waals surface area contributed by atoms with Gasteiger partial charge in [0, 0.05) is 45.0 Å². The minimum atomic E-state index is 0.716. The Bertz CT molecular complexity index is 524. The summed E-state index contributed by atoms with van der Waals surface area (Å²) in [6.45, 7) is 5.58. The van der Waals surface area contributed by atoms with Crippen molar-refractivity contribution in [3.63, 3.8) is 0 Å². The highest BCUT2D eigenvalue weighted by molar-refractivity contribution is 5.47. The van der Waals surface area contributed by atoms with Gasteiger partial charge < -0.3 is 15.1 Å². The van der Waals surface area contributed by atoms with Crippen molar-refractivity contribution in [1.29, 1.82) is 0 Å². The Kier molecular flexibility index (Phi) is 5.93. The number of anilines is 2. The Balaban J connectivity index is 1.53. The van der Waals surface area contributed by atoms with Gasteiger partial charge in [0.05, 0.1) is 0 Å². The van der Waals surface area contributed by atoms with Gasteiger partial charge in [-0.25, -0.2) is 4.98 Å². The zero-order chi connectivity index (χ0) is 16.9. The van der Waals surface area contributed by atoms with Crippen molar-refractivity contribution in [3.8, 4) is 0 Å². The standard InChI is InChI=1S/C19H33N5/c1-15-12-20-19(22-18(15)23(2)3)21-13-16-8-7-11-24(14-16)17-9-5-4-6-10-17/h12,16-17H,4-11,13-14H2,1-3H3,(H,20,21,22). The van der Waals surface area contributed by atoms with E-state index >= 15 is 0 Å². The molecule has 5 heteroatoms. The van der Waals surface area contributed by atoms with Gasteiger partial charge in [0.2, 0.25) is 5.95 Å². The quantitative estimate of drug-likeness (QED) is 0.897. The van der Waals surface area contributed by atoms with Crippen LogP contribution in [0.3, 0.4) is 0 Å². The molecule has 24 heavy (non-hydrogen) atoms. The van der Waals surface area contributed by atoms with Crippen molar-refractivity contribution in [1.82, 2.24) is 14.9 Å². The fourth-order valence-electron chi connectivity index (χ4n) is 4.25. The first kappa shape index (κ1) is 17.5. The first-order valence-electron chi connectivity index (χ1n) is 9.62. The average molecular weight is 332 g/mol. The number of hydrogen-bond donors (Lipinski definition) is 1. The van der Waals surface area contributed by atoms with Crippen LogP contribution in [0.5, 0.6) is 0 Å². The van der Waals surface area contributed by atoms with Crippen LogP contribution in [0.2, 0.25) is 0 Å². The molecule has 0 bridgehead atoms. The molecule has 0 spiro atoms. The first-order valence-corrected chi connectivity index (χ1v) is 9.62. The number of rotatable bonds is 5. The summed E-state index contributed by atoms with van der Waals surface area (Å²) < 4.78 is 0. The number of aryl methyl sites for hydroxylation is 1. The fourth-order valence-corrected chi connectivity index (χ4v) is 4.25. The van der Waals surface area contributed by atoms with Gasteiger partial charge in [-0.3, -0.25) is 0 Å². The molecule has 5 nitrogen and oxygen atoms in total. The molecule has 0 radical (unpaired) electrons. The van der Waals surface area contributed by atoms with E-state index in [9.17, 15) is 0 Å². The van der Waals surface area contributed by atoms with Gasteiger partial charge in [-0.2, -0.15) is 4.98 Å². The highest BCUT2D eigenvalue weighted by Crippen LogP contribution is 2.27. The van der Waals surface area contributed by atoms with Crippen molar-refractivity contribution in [2.75, 3.05) is 43.9 Å². The largest absolute Gasteiger partial charge is 0.362 e. The summed E-state index contributed by atoms with van der Waals surface area (Å²) in [7, 11) is 4.06. The van der Waals surface area contributed by atoms with Crippen molar-refractivity contribution >= 4 is 11.8 Å². The lowest BCUT2D eigenvalue weighted by atomic mass is 9.90. The minimum absolute atomic E-state index is 0.716. The Morgan fingerprint density at radius 1 is 1.17 bits per heavy atom. The van der Waals surface area contributed by atoms with Crippen LogP contribution in [0, 0.1) is 12.8 Å². The van der Waals surface area contributed by atoms with E-state index in [0.29, 0.717) is 5.92 Å². The normalized spacial score (nSPS) is 23.2. The molecule has 0 amide bonds. The van der Waals surface area contributed by atoms with Gasteiger partial charge in [0.25, 0.3) is 0 Å². The van der Waals surface area contributed by atoms with Crippen LogP contribution in [-0.4, -0.2) is 54.6 Å². The highest BCUT2D eigenvalue weighted by Gasteiger charge is 2.26. The third-order valence-electron chi connectivity index (χ3n) is 5.56. The predicted molar refractivity (Wildman–Crippen MR) is 101 cm³/mol. The molecule has 1 saturated carbocycles. The zero-order valence-corrected chi connectivity index (χ0v) is 15.6. The van der Waals surface area contributed by atoms with Crippen molar-refractivity contribution < 1.29 is 0 Å². The molecule has 1 N–H and O–H groups in total. The molecule has 2 aliphatic rings. The Labute approximate surface area is 146 Å². The van der Waals surface area contributed by atoms with Gasteiger partial charge in [-0.15, -0.1) is 0 Å². The molecule has 1 saturated heterocycles. The fraction of sp³-hybridized carbons (Fsp3) is 0.789. The summed E-state index contributed by atoms with van der Waals surface area (Å²) in [5.74, 6) is 2.48. The van der Waals surface area contributed by atoms with E-state index in [-0.39, 0.29) is 0 Å². The van der Waals surface area contributed by atoms with Crippen LogP contribution >= 0.6 is 0 Å². The van der Waals surface area contributed by atoms with E-state index in [1.165, 1.54) is 58.0 Å². The molecule has 1 aliphatic carbocycles. The number of hydrogen-bond acceptors (Lipinski definition) is 5. The molecule has 1 aromatic rings. The summed E-state index contributed by atoms with van der Waals surface area (Å²) in [6.07, 6.45) is 11.7. The van der Waals surface area contributed by atoms with Crippen LogP contribution in [0.4, 0.5) is 11.8 Å². The first-order chi connectivity index (χ1) is 11.6. The van der Waals surface area contributed by atoms with E-state index in [1.807, 2.05) is 25.2 Å². The molecule has 1 atom stereocenters. The molecule has 1 unspecified atom stereocenters. The molecule has 1 aromatic heterocycles. The number of nitrogens with zero attached hydrogens (tertiary/aromatic N) is 4. The van der Waals surface area contributed by atoms with Crippen LogP contribution in [-0.2, 0) is 0 Å². The molecule has 1 aliphatic heterocycles. The third kappa shape index (κ3) is 4.38. The number of aromatic nitrogens is 2. The van der Waals surface area contributed by atoms with E-state index in [1.54, 1.807) is 0 Å². The molecule has 2 fully saturated rings. The van der Waals surface area contributed by atoms with Crippen molar-refractivity contribution in [3.05, 3.63) is 11.8 Å². The summed E-state index contributed by atoms with van der Waals surface area (Å²) >= 11 is 0. The third-order valence-corrected chi connectivity index (χ3v) is 5.56. The van der Waals surface area contributed by atoms with Gasteiger partial charge in [-0.05, 0) is 45.1 Å². The van der Waals surface area contributed by atoms with Crippen LogP contribution in [0.25, 0.3) is 0 Å². The lowest BCUT2D eigenvalue weighted by Gasteiger charge is -2.40. The summed E-state index contributed by atoms with van der Waals surface area (Å²) in [5.41, 5.74) is 1.12. The zero-order valence-electron chi connectivity index (χ0n) is 15.6. The second kappa shape index (κ2) is 8.15. The average Bonchev–Trinajstić information content (AvgIpc) is 2.62. The summed E-state index contributed by atoms with van der Waals surface area (Å²) in [6, 6.07) is 0.845. The van der Waals surface area contributed by atoms with Crippen molar-refractivity contribution in [2.45, 2.75) is 57.9 Å². The number of piperidine rings is 1. The summed E-state index contributed by atoms with van der Waals surface area (Å²) in [5, 5.41) is 3.48. The van der Waals surface area contributed by atoms with E-state index in [2.05, 4.69) is 27.1 Å².